The predicted octanol–water partition coefficient (Wildman–Crippen LogP) is 2.22. The molecule has 0 aromatic rings. The Kier molecular flexibility index (Phi) is 7.91. The quantitative estimate of drug-likeness (QED) is 0.620. The van der Waals surface area contributed by atoms with Crippen LogP contribution in [-0.4, -0.2) is 52.2 Å². The summed E-state index contributed by atoms with van der Waals surface area (Å²) in [5, 5.41) is 3.58. The molecule has 0 heterocycles. The van der Waals surface area contributed by atoms with Crippen molar-refractivity contribution in [2.75, 3.05) is 40.1 Å². The van der Waals surface area contributed by atoms with Crippen molar-refractivity contribution in [2.24, 2.45) is 5.41 Å². The van der Waals surface area contributed by atoms with Gasteiger partial charge in [0.15, 0.2) is 0 Å². The van der Waals surface area contributed by atoms with E-state index in [1.165, 1.54) is 6.42 Å². The number of hydrogen-bond acceptors (Lipinski definition) is 4. The zero-order valence-corrected chi connectivity index (χ0v) is 13.0. The molecule has 0 radical (unpaired) electrons. The lowest BCUT2D eigenvalue weighted by atomic mass is 9.87. The molecule has 114 valence electrons. The van der Waals surface area contributed by atoms with Crippen molar-refractivity contribution in [3.05, 3.63) is 0 Å². The number of rotatable bonds is 10. The first kappa shape index (κ1) is 16.9. The first-order valence-electron chi connectivity index (χ1n) is 7.53. The Morgan fingerprint density at radius 2 is 1.95 bits per heavy atom. The van der Waals surface area contributed by atoms with Gasteiger partial charge >= 0.3 is 0 Å². The second kappa shape index (κ2) is 8.90. The summed E-state index contributed by atoms with van der Waals surface area (Å²) in [5.74, 6) is 0. The van der Waals surface area contributed by atoms with E-state index in [0.29, 0.717) is 30.8 Å². The molecule has 0 aromatic carbocycles. The van der Waals surface area contributed by atoms with Crippen LogP contribution in [0.5, 0.6) is 0 Å². The molecular weight excluding hydrogens is 242 g/mol. The summed E-state index contributed by atoms with van der Waals surface area (Å²) in [4.78, 5) is 0. The van der Waals surface area contributed by atoms with E-state index in [1.807, 2.05) is 0 Å². The largest absolute Gasteiger partial charge is 0.382 e. The Labute approximate surface area is 118 Å². The van der Waals surface area contributed by atoms with Crippen LogP contribution in [0.25, 0.3) is 0 Å². The fourth-order valence-corrected chi connectivity index (χ4v) is 2.79. The van der Waals surface area contributed by atoms with Crippen molar-refractivity contribution in [1.82, 2.24) is 5.32 Å². The predicted molar refractivity (Wildman–Crippen MR) is 77.5 cm³/mol. The normalized spacial score (nSPS) is 25.9. The van der Waals surface area contributed by atoms with Gasteiger partial charge in [0.05, 0.1) is 19.3 Å². The first-order valence-corrected chi connectivity index (χ1v) is 7.53. The van der Waals surface area contributed by atoms with Gasteiger partial charge in [-0.1, -0.05) is 20.8 Å². The molecule has 1 N–H and O–H groups in total. The average Bonchev–Trinajstić information content (AvgIpc) is 2.65. The molecule has 0 aromatic heterocycles. The summed E-state index contributed by atoms with van der Waals surface area (Å²) in [6.45, 7) is 10.7. The van der Waals surface area contributed by atoms with Crippen LogP contribution in [0.1, 0.15) is 40.0 Å². The van der Waals surface area contributed by atoms with Gasteiger partial charge in [-0.2, -0.15) is 0 Å². The molecule has 0 aliphatic heterocycles. The van der Waals surface area contributed by atoms with Crippen molar-refractivity contribution in [3.63, 3.8) is 0 Å². The Morgan fingerprint density at radius 1 is 1.16 bits per heavy atom. The Bertz CT molecular complexity index is 233. The Morgan fingerprint density at radius 3 is 2.63 bits per heavy atom. The highest BCUT2D eigenvalue weighted by Gasteiger charge is 2.41. The van der Waals surface area contributed by atoms with Crippen LogP contribution in [0, 0.1) is 5.41 Å². The van der Waals surface area contributed by atoms with Crippen LogP contribution >= 0.6 is 0 Å². The molecule has 1 aliphatic carbocycles. The van der Waals surface area contributed by atoms with Crippen LogP contribution in [0.4, 0.5) is 0 Å². The third-order valence-electron chi connectivity index (χ3n) is 3.91. The molecule has 19 heavy (non-hydrogen) atoms. The van der Waals surface area contributed by atoms with Gasteiger partial charge in [-0.15, -0.1) is 0 Å². The van der Waals surface area contributed by atoms with Crippen molar-refractivity contribution in [1.29, 1.82) is 0 Å². The molecule has 4 heteroatoms. The maximum atomic E-state index is 6.04. The van der Waals surface area contributed by atoms with Crippen molar-refractivity contribution in [2.45, 2.75) is 52.2 Å². The molecule has 0 amide bonds. The van der Waals surface area contributed by atoms with Gasteiger partial charge < -0.3 is 19.5 Å². The second-order valence-corrected chi connectivity index (χ2v) is 5.93. The monoisotopic (exact) mass is 273 g/mol. The number of ether oxygens (including phenoxy) is 3. The first-order chi connectivity index (χ1) is 9.11. The Balaban J connectivity index is 2.14. The molecule has 0 saturated heterocycles. The minimum atomic E-state index is 0.343. The number of hydrogen-bond donors (Lipinski definition) is 1. The van der Waals surface area contributed by atoms with E-state index >= 15 is 0 Å². The highest BCUT2D eigenvalue weighted by atomic mass is 16.5. The molecule has 1 saturated carbocycles. The van der Waals surface area contributed by atoms with E-state index in [4.69, 9.17) is 14.2 Å². The van der Waals surface area contributed by atoms with Crippen LogP contribution in [0.15, 0.2) is 0 Å². The molecule has 2 atom stereocenters. The smallest absolute Gasteiger partial charge is 0.0733 e. The SMILES string of the molecule is CCNC1C(OCCCOCCOC)CCC1(C)C. The van der Waals surface area contributed by atoms with Gasteiger partial charge in [0.25, 0.3) is 0 Å². The van der Waals surface area contributed by atoms with E-state index in [9.17, 15) is 0 Å². The highest BCUT2D eigenvalue weighted by Crippen LogP contribution is 2.38. The third kappa shape index (κ3) is 5.78. The number of nitrogens with one attached hydrogen (secondary N) is 1. The van der Waals surface area contributed by atoms with Crippen LogP contribution < -0.4 is 5.32 Å². The van der Waals surface area contributed by atoms with Crippen molar-refractivity contribution >= 4 is 0 Å². The molecule has 0 bridgehead atoms. The van der Waals surface area contributed by atoms with Gasteiger partial charge in [-0.3, -0.25) is 0 Å². The van der Waals surface area contributed by atoms with Gasteiger partial charge in [0.2, 0.25) is 0 Å². The molecule has 1 aliphatic rings. The third-order valence-corrected chi connectivity index (χ3v) is 3.91. The summed E-state index contributed by atoms with van der Waals surface area (Å²) in [7, 11) is 1.69. The second-order valence-electron chi connectivity index (χ2n) is 5.93. The average molecular weight is 273 g/mol. The summed E-state index contributed by atoms with van der Waals surface area (Å²) in [6, 6.07) is 0.479. The Hall–Kier alpha value is -0.160. The van der Waals surface area contributed by atoms with Crippen molar-refractivity contribution in [3.8, 4) is 0 Å². The van der Waals surface area contributed by atoms with E-state index in [-0.39, 0.29) is 0 Å². The summed E-state index contributed by atoms with van der Waals surface area (Å²) in [5.41, 5.74) is 0.343. The lowest BCUT2D eigenvalue weighted by Gasteiger charge is -2.31. The molecular formula is C15H31NO3. The lowest BCUT2D eigenvalue weighted by Crippen LogP contribution is -2.45. The van der Waals surface area contributed by atoms with E-state index in [2.05, 4.69) is 26.1 Å². The van der Waals surface area contributed by atoms with Gasteiger partial charge in [0.1, 0.15) is 0 Å². The highest BCUT2D eigenvalue weighted by molar-refractivity contribution is 4.97. The zero-order valence-electron chi connectivity index (χ0n) is 13.0. The fourth-order valence-electron chi connectivity index (χ4n) is 2.79. The summed E-state index contributed by atoms with van der Waals surface area (Å²) >= 11 is 0. The van der Waals surface area contributed by atoms with Gasteiger partial charge in [0, 0.05) is 26.4 Å². The number of methoxy groups -OCH3 is 1. The summed E-state index contributed by atoms with van der Waals surface area (Å²) in [6.07, 6.45) is 3.71. The molecule has 2 unspecified atom stereocenters. The topological polar surface area (TPSA) is 39.7 Å². The minimum absolute atomic E-state index is 0.343. The zero-order chi connectivity index (χ0) is 14.1. The van der Waals surface area contributed by atoms with Crippen molar-refractivity contribution < 1.29 is 14.2 Å². The van der Waals surface area contributed by atoms with Crippen LogP contribution in [-0.2, 0) is 14.2 Å². The minimum Gasteiger partial charge on any atom is -0.382 e. The van der Waals surface area contributed by atoms with Crippen LogP contribution in [0.3, 0.4) is 0 Å². The fraction of sp³-hybridized carbons (Fsp3) is 1.00. The van der Waals surface area contributed by atoms with E-state index in [1.54, 1.807) is 7.11 Å². The van der Waals surface area contributed by atoms with Gasteiger partial charge in [-0.25, -0.2) is 0 Å². The summed E-state index contributed by atoms with van der Waals surface area (Å²) < 4.78 is 16.4. The van der Waals surface area contributed by atoms with E-state index in [0.717, 1.165) is 32.6 Å². The molecule has 1 rings (SSSR count). The van der Waals surface area contributed by atoms with Gasteiger partial charge in [-0.05, 0) is 31.2 Å². The molecule has 4 nitrogen and oxygen atoms in total. The maximum absolute atomic E-state index is 6.04. The molecule has 0 spiro atoms. The maximum Gasteiger partial charge on any atom is 0.0733 e. The lowest BCUT2D eigenvalue weighted by molar-refractivity contribution is 0.00804. The standard InChI is InChI=1S/C15H31NO3/c1-5-16-14-13(7-8-15(14,2)3)19-10-6-9-18-12-11-17-4/h13-14,16H,5-12H2,1-4H3. The van der Waals surface area contributed by atoms with E-state index < -0.39 is 0 Å². The number of likely N-dealkylation sites (N-methyl/N-ethyl adjacent to an activating group) is 1. The van der Waals surface area contributed by atoms with Crippen LogP contribution in [0.2, 0.25) is 0 Å². The molecule has 1 fully saturated rings.